The van der Waals surface area contributed by atoms with Gasteiger partial charge < -0.3 is 24.3 Å². The summed E-state index contributed by atoms with van der Waals surface area (Å²) in [7, 11) is 4.84. The SMILES string of the molecule is COc1cccc(CCNC(=O)[C@H]2COc3c(cccc3OC)C2)c1OC. The van der Waals surface area contributed by atoms with E-state index in [-0.39, 0.29) is 11.8 Å². The van der Waals surface area contributed by atoms with E-state index in [1.807, 2.05) is 36.4 Å². The molecule has 0 saturated heterocycles. The summed E-state index contributed by atoms with van der Waals surface area (Å²) in [4.78, 5) is 12.6. The maximum absolute atomic E-state index is 12.6. The Morgan fingerprint density at radius 2 is 1.81 bits per heavy atom. The molecule has 1 aliphatic rings. The molecule has 1 N–H and O–H groups in total. The number of benzene rings is 2. The lowest BCUT2D eigenvalue weighted by molar-refractivity contribution is -0.126. The Balaban J connectivity index is 1.58. The Bertz CT molecular complexity index is 805. The fraction of sp³-hybridized carbons (Fsp3) is 0.381. The highest BCUT2D eigenvalue weighted by Crippen LogP contribution is 2.36. The number of fused-ring (bicyclic) bond motifs is 1. The molecule has 2 aromatic rings. The lowest BCUT2D eigenvalue weighted by atomic mass is 9.95. The van der Waals surface area contributed by atoms with Crippen LogP contribution < -0.4 is 24.3 Å². The second kappa shape index (κ2) is 8.66. The molecule has 0 aliphatic carbocycles. The maximum Gasteiger partial charge on any atom is 0.226 e. The van der Waals surface area contributed by atoms with Gasteiger partial charge in [-0.15, -0.1) is 0 Å². The maximum atomic E-state index is 12.6. The zero-order chi connectivity index (χ0) is 19.2. The van der Waals surface area contributed by atoms with Gasteiger partial charge in [0.05, 0.1) is 27.2 Å². The molecule has 1 amide bonds. The van der Waals surface area contributed by atoms with Crippen molar-refractivity contribution < 1.29 is 23.7 Å². The van der Waals surface area contributed by atoms with Crippen molar-refractivity contribution in [2.45, 2.75) is 12.8 Å². The lowest BCUT2D eigenvalue weighted by Gasteiger charge is -2.25. The molecule has 27 heavy (non-hydrogen) atoms. The second-order valence-corrected chi connectivity index (χ2v) is 6.35. The third-order valence-electron chi connectivity index (χ3n) is 4.72. The van der Waals surface area contributed by atoms with Crippen LogP contribution in [-0.2, 0) is 17.6 Å². The molecule has 0 fully saturated rings. The molecular weight excluding hydrogens is 346 g/mol. The van der Waals surface area contributed by atoms with Gasteiger partial charge in [0.2, 0.25) is 5.91 Å². The van der Waals surface area contributed by atoms with E-state index in [0.717, 1.165) is 16.9 Å². The fourth-order valence-electron chi connectivity index (χ4n) is 3.34. The van der Waals surface area contributed by atoms with Gasteiger partial charge in [-0.2, -0.15) is 0 Å². The quantitative estimate of drug-likeness (QED) is 0.811. The van der Waals surface area contributed by atoms with Gasteiger partial charge in [-0.3, -0.25) is 4.79 Å². The van der Waals surface area contributed by atoms with E-state index >= 15 is 0 Å². The van der Waals surface area contributed by atoms with E-state index in [1.165, 1.54) is 0 Å². The van der Waals surface area contributed by atoms with Crippen molar-refractivity contribution in [1.82, 2.24) is 5.32 Å². The number of hydrogen-bond donors (Lipinski definition) is 1. The smallest absolute Gasteiger partial charge is 0.226 e. The van der Waals surface area contributed by atoms with E-state index in [1.54, 1.807) is 21.3 Å². The third-order valence-corrected chi connectivity index (χ3v) is 4.72. The molecule has 144 valence electrons. The number of ether oxygens (including phenoxy) is 4. The molecule has 2 aromatic carbocycles. The van der Waals surface area contributed by atoms with Crippen molar-refractivity contribution in [1.29, 1.82) is 0 Å². The molecule has 6 heteroatoms. The first-order chi connectivity index (χ1) is 13.2. The molecule has 0 spiro atoms. The Labute approximate surface area is 159 Å². The highest BCUT2D eigenvalue weighted by Gasteiger charge is 2.27. The van der Waals surface area contributed by atoms with Gasteiger partial charge in [-0.25, -0.2) is 0 Å². The molecule has 0 aromatic heterocycles. The monoisotopic (exact) mass is 371 g/mol. The van der Waals surface area contributed by atoms with Crippen LogP contribution in [-0.4, -0.2) is 40.4 Å². The molecule has 0 saturated carbocycles. The van der Waals surface area contributed by atoms with Crippen molar-refractivity contribution >= 4 is 5.91 Å². The van der Waals surface area contributed by atoms with Gasteiger partial charge in [-0.05, 0) is 36.1 Å². The number of hydrogen-bond acceptors (Lipinski definition) is 5. The summed E-state index contributed by atoms with van der Waals surface area (Å²) < 4.78 is 21.8. The van der Waals surface area contributed by atoms with Crippen molar-refractivity contribution in [3.8, 4) is 23.0 Å². The number of rotatable bonds is 7. The molecule has 1 heterocycles. The Morgan fingerprint density at radius 1 is 1.07 bits per heavy atom. The molecule has 0 radical (unpaired) electrons. The molecule has 0 bridgehead atoms. The van der Waals surface area contributed by atoms with Gasteiger partial charge in [0.25, 0.3) is 0 Å². The number of para-hydroxylation sites is 2. The van der Waals surface area contributed by atoms with Gasteiger partial charge in [0.15, 0.2) is 23.0 Å². The Morgan fingerprint density at radius 3 is 2.56 bits per heavy atom. The number of carbonyl (C=O) groups excluding carboxylic acids is 1. The van der Waals surface area contributed by atoms with Crippen LogP contribution in [0.25, 0.3) is 0 Å². The summed E-state index contributed by atoms with van der Waals surface area (Å²) in [5.41, 5.74) is 1.99. The topological polar surface area (TPSA) is 66.0 Å². The van der Waals surface area contributed by atoms with Gasteiger partial charge >= 0.3 is 0 Å². The summed E-state index contributed by atoms with van der Waals surface area (Å²) in [6.07, 6.45) is 1.30. The third kappa shape index (κ3) is 4.10. The van der Waals surface area contributed by atoms with E-state index in [0.29, 0.717) is 43.2 Å². The van der Waals surface area contributed by atoms with Gasteiger partial charge in [0.1, 0.15) is 6.61 Å². The van der Waals surface area contributed by atoms with Crippen LogP contribution >= 0.6 is 0 Å². The minimum atomic E-state index is -0.211. The van der Waals surface area contributed by atoms with Crippen molar-refractivity contribution in [3.63, 3.8) is 0 Å². The first-order valence-electron chi connectivity index (χ1n) is 8.94. The van der Waals surface area contributed by atoms with Crippen LogP contribution in [0.2, 0.25) is 0 Å². The zero-order valence-electron chi connectivity index (χ0n) is 15.9. The predicted molar refractivity (Wildman–Crippen MR) is 102 cm³/mol. The predicted octanol–water partition coefficient (Wildman–Crippen LogP) is 2.62. The van der Waals surface area contributed by atoms with Crippen LogP contribution in [0.4, 0.5) is 0 Å². The van der Waals surface area contributed by atoms with E-state index in [2.05, 4.69) is 5.32 Å². The number of amides is 1. The first kappa shape index (κ1) is 18.9. The highest BCUT2D eigenvalue weighted by atomic mass is 16.5. The zero-order valence-corrected chi connectivity index (χ0v) is 15.9. The molecule has 1 atom stereocenters. The minimum absolute atomic E-state index is 0.00895. The first-order valence-corrected chi connectivity index (χ1v) is 8.94. The summed E-state index contributed by atoms with van der Waals surface area (Å²) in [6, 6.07) is 11.5. The van der Waals surface area contributed by atoms with E-state index in [9.17, 15) is 4.79 Å². The highest BCUT2D eigenvalue weighted by molar-refractivity contribution is 5.79. The van der Waals surface area contributed by atoms with E-state index in [4.69, 9.17) is 18.9 Å². The Kier molecular flexibility index (Phi) is 6.06. The normalized spacial score (nSPS) is 15.3. The molecule has 1 aliphatic heterocycles. The number of carbonyl (C=O) groups is 1. The summed E-state index contributed by atoms with van der Waals surface area (Å²) in [5.74, 6) is 2.62. The van der Waals surface area contributed by atoms with Gasteiger partial charge in [0, 0.05) is 6.54 Å². The largest absolute Gasteiger partial charge is 0.493 e. The minimum Gasteiger partial charge on any atom is -0.493 e. The van der Waals surface area contributed by atoms with Crippen LogP contribution in [0.5, 0.6) is 23.0 Å². The summed E-state index contributed by atoms with van der Waals surface area (Å²) in [6.45, 7) is 0.867. The van der Waals surface area contributed by atoms with E-state index < -0.39 is 0 Å². The van der Waals surface area contributed by atoms with Crippen molar-refractivity contribution in [2.75, 3.05) is 34.5 Å². The van der Waals surface area contributed by atoms with Crippen molar-refractivity contribution in [3.05, 3.63) is 47.5 Å². The van der Waals surface area contributed by atoms with Crippen LogP contribution in [0.1, 0.15) is 11.1 Å². The molecule has 6 nitrogen and oxygen atoms in total. The number of nitrogens with one attached hydrogen (secondary N) is 1. The van der Waals surface area contributed by atoms with Crippen LogP contribution in [0.15, 0.2) is 36.4 Å². The van der Waals surface area contributed by atoms with Crippen LogP contribution in [0, 0.1) is 5.92 Å². The standard InChI is InChI=1S/C21H25NO5/c1-24-17-8-4-6-14(19(17)26-3)10-11-22-21(23)16-12-15-7-5-9-18(25-2)20(15)27-13-16/h4-9,16H,10-13H2,1-3H3,(H,22,23)/t16-/m1/s1. The fourth-order valence-corrected chi connectivity index (χ4v) is 3.34. The molecule has 3 rings (SSSR count). The average molecular weight is 371 g/mol. The van der Waals surface area contributed by atoms with Crippen LogP contribution in [0.3, 0.4) is 0 Å². The summed E-state index contributed by atoms with van der Waals surface area (Å²) >= 11 is 0. The van der Waals surface area contributed by atoms with Crippen molar-refractivity contribution in [2.24, 2.45) is 5.92 Å². The number of methoxy groups -OCH3 is 3. The summed E-state index contributed by atoms with van der Waals surface area (Å²) in [5, 5.41) is 3.00. The second-order valence-electron chi connectivity index (χ2n) is 6.35. The average Bonchev–Trinajstić information content (AvgIpc) is 2.72. The van der Waals surface area contributed by atoms with Gasteiger partial charge in [-0.1, -0.05) is 24.3 Å². The molecular formula is C21H25NO5. The molecule has 0 unspecified atom stereocenters. The lowest BCUT2D eigenvalue weighted by Crippen LogP contribution is -2.38. The Hall–Kier alpha value is -2.89.